The number of nitrogens with zero attached hydrogens (tertiary/aromatic N) is 1. The first-order valence-corrected chi connectivity index (χ1v) is 9.64. The standard InChI is InChI=1S/C19H22N2O3S/c1-19(2)16(13-9-11-15(12-10-13)25(20,23)24)17(19)18(22)21(3)14-7-5-4-6-8-14/h4-12,16-17H,1-3H3,(H2,20,23,24)/t16-,17+/m0/s1. The van der Waals surface area contributed by atoms with Crippen molar-refractivity contribution in [3.63, 3.8) is 0 Å². The van der Waals surface area contributed by atoms with Gasteiger partial charge in [-0.2, -0.15) is 0 Å². The molecule has 3 rings (SSSR count). The van der Waals surface area contributed by atoms with E-state index in [2.05, 4.69) is 13.8 Å². The summed E-state index contributed by atoms with van der Waals surface area (Å²) in [4.78, 5) is 14.7. The second-order valence-corrected chi connectivity index (χ2v) is 8.68. The maximum Gasteiger partial charge on any atom is 0.238 e. The Hall–Kier alpha value is -2.18. The maximum absolute atomic E-state index is 12.9. The van der Waals surface area contributed by atoms with Crippen LogP contribution in [0.2, 0.25) is 0 Å². The van der Waals surface area contributed by atoms with Gasteiger partial charge in [0.25, 0.3) is 0 Å². The van der Waals surface area contributed by atoms with Gasteiger partial charge in [-0.15, -0.1) is 0 Å². The van der Waals surface area contributed by atoms with E-state index in [4.69, 9.17) is 5.14 Å². The van der Waals surface area contributed by atoms with Crippen molar-refractivity contribution in [1.29, 1.82) is 0 Å². The molecule has 0 aliphatic heterocycles. The highest BCUT2D eigenvalue weighted by Gasteiger charge is 2.62. The fraction of sp³-hybridized carbons (Fsp3) is 0.316. The lowest BCUT2D eigenvalue weighted by molar-refractivity contribution is -0.120. The van der Waals surface area contributed by atoms with Crippen LogP contribution in [-0.2, 0) is 14.8 Å². The smallest absolute Gasteiger partial charge is 0.238 e. The number of primary sulfonamides is 1. The third kappa shape index (κ3) is 3.19. The van der Waals surface area contributed by atoms with E-state index in [1.807, 2.05) is 30.3 Å². The van der Waals surface area contributed by atoms with Crippen LogP contribution in [0.5, 0.6) is 0 Å². The van der Waals surface area contributed by atoms with Crippen LogP contribution in [0.15, 0.2) is 59.5 Å². The lowest BCUT2D eigenvalue weighted by Crippen LogP contribution is -2.29. The summed E-state index contributed by atoms with van der Waals surface area (Å²) in [5.74, 6) is -0.0181. The Balaban J connectivity index is 1.83. The average Bonchev–Trinajstić information content (AvgIpc) is 3.15. The molecule has 132 valence electrons. The Kier molecular flexibility index (Phi) is 4.21. The zero-order valence-corrected chi connectivity index (χ0v) is 15.3. The largest absolute Gasteiger partial charge is 0.315 e. The predicted molar refractivity (Wildman–Crippen MR) is 97.7 cm³/mol. The topological polar surface area (TPSA) is 80.5 Å². The molecule has 2 aromatic carbocycles. The zero-order valence-electron chi connectivity index (χ0n) is 14.5. The van der Waals surface area contributed by atoms with E-state index in [9.17, 15) is 13.2 Å². The summed E-state index contributed by atoms with van der Waals surface area (Å²) in [5.41, 5.74) is 1.64. The normalized spacial score (nSPS) is 21.6. The fourth-order valence-electron chi connectivity index (χ4n) is 3.57. The van der Waals surface area contributed by atoms with Gasteiger partial charge in [-0.1, -0.05) is 44.2 Å². The molecule has 5 nitrogen and oxygen atoms in total. The first kappa shape index (κ1) is 17.6. The fourth-order valence-corrected chi connectivity index (χ4v) is 4.09. The number of sulfonamides is 1. The minimum Gasteiger partial charge on any atom is -0.315 e. The minimum absolute atomic E-state index is 0.0562. The van der Waals surface area contributed by atoms with Gasteiger partial charge in [0.15, 0.2) is 0 Å². The third-order valence-electron chi connectivity index (χ3n) is 5.14. The SMILES string of the molecule is CN(C(=O)[C@H]1[C@H](c2ccc(S(N)(=O)=O)cc2)C1(C)C)c1ccccc1. The number of hydrogen-bond acceptors (Lipinski definition) is 3. The molecular formula is C19H22N2O3S. The summed E-state index contributed by atoms with van der Waals surface area (Å²) in [5, 5.41) is 5.14. The number of carbonyl (C=O) groups excluding carboxylic acids is 1. The average molecular weight is 358 g/mol. The van der Waals surface area contributed by atoms with Crippen LogP contribution in [0, 0.1) is 11.3 Å². The summed E-state index contributed by atoms with van der Waals surface area (Å²) in [7, 11) is -1.92. The Morgan fingerprint density at radius 1 is 1.04 bits per heavy atom. The van der Waals surface area contributed by atoms with Gasteiger partial charge in [-0.3, -0.25) is 4.79 Å². The van der Waals surface area contributed by atoms with Crippen molar-refractivity contribution < 1.29 is 13.2 Å². The van der Waals surface area contributed by atoms with Gasteiger partial charge in [0.2, 0.25) is 15.9 Å². The molecule has 0 unspecified atom stereocenters. The predicted octanol–water partition coefficient (Wildman–Crippen LogP) is 2.74. The lowest BCUT2D eigenvalue weighted by Gasteiger charge is -2.18. The summed E-state index contributed by atoms with van der Waals surface area (Å²) < 4.78 is 22.8. The minimum atomic E-state index is -3.71. The highest BCUT2D eigenvalue weighted by Crippen LogP contribution is 2.65. The molecule has 1 saturated carbocycles. The summed E-state index contributed by atoms with van der Waals surface area (Å²) in [6, 6.07) is 16.0. The molecule has 6 heteroatoms. The molecule has 1 amide bonds. The third-order valence-corrected chi connectivity index (χ3v) is 6.06. The molecule has 1 fully saturated rings. The van der Waals surface area contributed by atoms with E-state index in [1.165, 1.54) is 12.1 Å². The van der Waals surface area contributed by atoms with Gasteiger partial charge in [0, 0.05) is 18.7 Å². The number of nitrogens with two attached hydrogens (primary N) is 1. The van der Waals surface area contributed by atoms with Crippen LogP contribution >= 0.6 is 0 Å². The Labute approximate surface area is 148 Å². The molecule has 0 spiro atoms. The van der Waals surface area contributed by atoms with Crippen LogP contribution < -0.4 is 10.0 Å². The monoisotopic (exact) mass is 358 g/mol. The maximum atomic E-state index is 12.9. The molecular weight excluding hydrogens is 336 g/mol. The molecule has 0 saturated heterocycles. The highest BCUT2D eigenvalue weighted by atomic mass is 32.2. The molecule has 2 N–H and O–H groups in total. The quantitative estimate of drug-likeness (QED) is 0.912. The van der Waals surface area contributed by atoms with Crippen molar-refractivity contribution in [2.45, 2.75) is 24.7 Å². The first-order valence-electron chi connectivity index (χ1n) is 8.09. The number of hydrogen-bond donors (Lipinski definition) is 1. The van der Waals surface area contributed by atoms with E-state index in [-0.39, 0.29) is 28.1 Å². The summed E-state index contributed by atoms with van der Waals surface area (Å²) in [6.45, 7) is 4.12. The Morgan fingerprint density at radius 3 is 2.12 bits per heavy atom. The van der Waals surface area contributed by atoms with Crippen molar-refractivity contribution in [2.24, 2.45) is 16.5 Å². The van der Waals surface area contributed by atoms with Gasteiger partial charge >= 0.3 is 0 Å². The van der Waals surface area contributed by atoms with Crippen molar-refractivity contribution in [1.82, 2.24) is 0 Å². The van der Waals surface area contributed by atoms with E-state index >= 15 is 0 Å². The molecule has 0 aromatic heterocycles. The van der Waals surface area contributed by atoms with Crippen molar-refractivity contribution >= 4 is 21.6 Å². The summed E-state index contributed by atoms with van der Waals surface area (Å²) >= 11 is 0. The van der Waals surface area contributed by atoms with Crippen LogP contribution in [0.25, 0.3) is 0 Å². The van der Waals surface area contributed by atoms with Gasteiger partial charge < -0.3 is 4.90 Å². The molecule has 0 bridgehead atoms. The van der Waals surface area contributed by atoms with E-state index < -0.39 is 10.0 Å². The number of carbonyl (C=O) groups is 1. The Bertz CT molecular complexity index is 890. The van der Waals surface area contributed by atoms with Crippen LogP contribution in [0.3, 0.4) is 0 Å². The van der Waals surface area contributed by atoms with Crippen molar-refractivity contribution in [3.05, 3.63) is 60.2 Å². The van der Waals surface area contributed by atoms with Gasteiger partial charge in [0.05, 0.1) is 10.8 Å². The molecule has 1 aliphatic carbocycles. The molecule has 0 heterocycles. The van der Waals surface area contributed by atoms with Gasteiger partial charge in [-0.25, -0.2) is 13.6 Å². The number of para-hydroxylation sites is 1. The second kappa shape index (κ2) is 5.97. The van der Waals surface area contributed by atoms with Crippen LogP contribution in [-0.4, -0.2) is 21.4 Å². The highest BCUT2D eigenvalue weighted by molar-refractivity contribution is 7.89. The molecule has 2 aromatic rings. The first-order chi connectivity index (χ1) is 11.6. The number of benzene rings is 2. The van der Waals surface area contributed by atoms with Crippen molar-refractivity contribution in [2.75, 3.05) is 11.9 Å². The van der Waals surface area contributed by atoms with Crippen LogP contribution in [0.4, 0.5) is 5.69 Å². The second-order valence-electron chi connectivity index (χ2n) is 7.12. The van der Waals surface area contributed by atoms with E-state index in [1.54, 1.807) is 24.1 Å². The van der Waals surface area contributed by atoms with E-state index in [0.29, 0.717) is 0 Å². The Morgan fingerprint density at radius 2 is 1.60 bits per heavy atom. The molecule has 1 aliphatic rings. The van der Waals surface area contributed by atoms with E-state index in [0.717, 1.165) is 11.3 Å². The number of amides is 1. The van der Waals surface area contributed by atoms with Crippen molar-refractivity contribution in [3.8, 4) is 0 Å². The number of anilines is 1. The summed E-state index contributed by atoms with van der Waals surface area (Å²) in [6.07, 6.45) is 0. The molecule has 0 radical (unpaired) electrons. The molecule has 25 heavy (non-hydrogen) atoms. The van der Waals surface area contributed by atoms with Gasteiger partial charge in [0.1, 0.15) is 0 Å². The zero-order chi connectivity index (χ0) is 18.4. The number of rotatable bonds is 4. The lowest BCUT2D eigenvalue weighted by atomic mass is 10.0. The molecule has 2 atom stereocenters. The van der Waals surface area contributed by atoms with Crippen LogP contribution in [0.1, 0.15) is 25.3 Å². The van der Waals surface area contributed by atoms with Gasteiger partial charge in [-0.05, 0) is 35.2 Å².